The molecule has 1 atom stereocenters. The fraction of sp³-hybridized carbons (Fsp3) is 0.133. The smallest absolute Gasteiger partial charge is 0.342 e. The van der Waals surface area contributed by atoms with Crippen LogP contribution < -0.4 is 5.32 Å². The number of amides is 1. The molecule has 2 N–H and O–H groups in total. The highest BCUT2D eigenvalue weighted by atomic mass is 32.1. The van der Waals surface area contributed by atoms with Gasteiger partial charge in [-0.3, -0.25) is 4.79 Å². The monoisotopic (exact) mass is 316 g/mol. The highest BCUT2D eigenvalue weighted by Gasteiger charge is 2.21. The second-order valence-electron chi connectivity index (χ2n) is 4.33. The van der Waals surface area contributed by atoms with Crippen molar-refractivity contribution in [3.05, 3.63) is 46.8 Å². The molecule has 0 saturated carbocycles. The summed E-state index contributed by atoms with van der Waals surface area (Å²) in [7, 11) is 0. The molecule has 0 aliphatic carbocycles. The molecule has 7 heteroatoms. The van der Waals surface area contributed by atoms with E-state index in [2.05, 4.69) is 5.32 Å². The molecule has 2 rings (SSSR count). The second-order valence-corrected chi connectivity index (χ2v) is 5.25. The number of carbonyl (C=O) groups excluding carboxylic acids is 2. The van der Waals surface area contributed by atoms with E-state index in [4.69, 9.17) is 10.00 Å². The lowest BCUT2D eigenvalue weighted by molar-refractivity contribution is -0.123. The maximum atomic E-state index is 12.0. The Balaban J connectivity index is 2.02. The Morgan fingerprint density at radius 1 is 1.36 bits per heavy atom. The summed E-state index contributed by atoms with van der Waals surface area (Å²) in [5, 5.41) is 23.1. The number of hydrogen-bond donors (Lipinski definition) is 2. The summed E-state index contributed by atoms with van der Waals surface area (Å²) in [5.74, 6) is -1.57. The maximum absolute atomic E-state index is 12.0. The third-order valence-electron chi connectivity index (χ3n) is 2.80. The lowest BCUT2D eigenvalue weighted by Gasteiger charge is -2.13. The highest BCUT2D eigenvalue weighted by molar-refractivity contribution is 7.14. The van der Waals surface area contributed by atoms with Gasteiger partial charge in [0.1, 0.15) is 22.4 Å². The number of carbonyl (C=O) groups is 2. The van der Waals surface area contributed by atoms with Crippen molar-refractivity contribution in [1.82, 2.24) is 0 Å². The zero-order valence-electron chi connectivity index (χ0n) is 11.6. The van der Waals surface area contributed by atoms with Gasteiger partial charge in [-0.05, 0) is 30.5 Å². The van der Waals surface area contributed by atoms with Crippen molar-refractivity contribution in [1.29, 1.82) is 5.26 Å². The Hall–Kier alpha value is -2.85. The Kier molecular flexibility index (Phi) is 4.76. The van der Waals surface area contributed by atoms with E-state index in [0.29, 0.717) is 10.6 Å². The maximum Gasteiger partial charge on any atom is 0.342 e. The molecule has 2 aromatic rings. The van der Waals surface area contributed by atoms with Crippen molar-refractivity contribution in [2.24, 2.45) is 0 Å². The molecule has 1 heterocycles. The number of benzene rings is 1. The van der Waals surface area contributed by atoms with Crippen LogP contribution in [0.1, 0.15) is 22.8 Å². The second kappa shape index (κ2) is 6.74. The number of nitriles is 1. The van der Waals surface area contributed by atoms with E-state index in [1.165, 1.54) is 30.4 Å². The number of hydrogen-bond acceptors (Lipinski definition) is 6. The molecule has 112 valence electrons. The van der Waals surface area contributed by atoms with Crippen molar-refractivity contribution < 1.29 is 19.4 Å². The first-order valence-corrected chi connectivity index (χ1v) is 7.18. The van der Waals surface area contributed by atoms with Gasteiger partial charge in [0.25, 0.3) is 5.91 Å². The summed E-state index contributed by atoms with van der Waals surface area (Å²) < 4.78 is 5.01. The molecule has 1 aromatic carbocycles. The molecule has 0 aliphatic heterocycles. The van der Waals surface area contributed by atoms with Crippen LogP contribution in [0.4, 0.5) is 5.00 Å². The number of para-hydroxylation sites is 1. The molecule has 0 saturated heterocycles. The van der Waals surface area contributed by atoms with Crippen LogP contribution in [-0.2, 0) is 9.53 Å². The summed E-state index contributed by atoms with van der Waals surface area (Å²) in [6.45, 7) is 1.41. The molecular weight excluding hydrogens is 304 g/mol. The van der Waals surface area contributed by atoms with Crippen LogP contribution in [0.2, 0.25) is 0 Å². The number of nitrogens with one attached hydrogen (secondary N) is 1. The Morgan fingerprint density at radius 2 is 2.09 bits per heavy atom. The predicted molar refractivity (Wildman–Crippen MR) is 80.6 cm³/mol. The van der Waals surface area contributed by atoms with Crippen molar-refractivity contribution in [2.75, 3.05) is 5.32 Å². The van der Waals surface area contributed by atoms with Crippen LogP contribution in [0.15, 0.2) is 35.7 Å². The number of anilines is 1. The average Bonchev–Trinajstić information content (AvgIpc) is 2.94. The molecule has 0 aliphatic rings. The summed E-state index contributed by atoms with van der Waals surface area (Å²) in [4.78, 5) is 23.9. The van der Waals surface area contributed by atoms with E-state index in [1.54, 1.807) is 23.6 Å². The van der Waals surface area contributed by atoms with Gasteiger partial charge in [-0.2, -0.15) is 5.26 Å². The van der Waals surface area contributed by atoms with Gasteiger partial charge in [-0.25, -0.2) is 4.79 Å². The normalized spacial score (nSPS) is 11.3. The van der Waals surface area contributed by atoms with Gasteiger partial charge in [-0.1, -0.05) is 12.1 Å². The Morgan fingerprint density at radius 3 is 2.77 bits per heavy atom. The topological polar surface area (TPSA) is 99.4 Å². The third-order valence-corrected chi connectivity index (χ3v) is 3.63. The van der Waals surface area contributed by atoms with Crippen LogP contribution in [0.25, 0.3) is 0 Å². The van der Waals surface area contributed by atoms with E-state index in [-0.39, 0.29) is 11.3 Å². The van der Waals surface area contributed by atoms with Gasteiger partial charge in [0, 0.05) is 0 Å². The van der Waals surface area contributed by atoms with Gasteiger partial charge in [0.15, 0.2) is 6.10 Å². The molecule has 0 radical (unpaired) electrons. The van der Waals surface area contributed by atoms with E-state index in [0.717, 1.165) is 0 Å². The number of ether oxygens (including phenoxy) is 1. The average molecular weight is 316 g/mol. The van der Waals surface area contributed by atoms with Crippen LogP contribution in [0, 0.1) is 11.3 Å². The molecule has 0 bridgehead atoms. The lowest BCUT2D eigenvalue weighted by atomic mass is 10.2. The van der Waals surface area contributed by atoms with E-state index in [9.17, 15) is 14.7 Å². The molecular formula is C15H12N2O4S. The molecule has 1 aromatic heterocycles. The number of nitrogens with zero attached hydrogens (tertiary/aromatic N) is 1. The van der Waals surface area contributed by atoms with Crippen LogP contribution in [0.3, 0.4) is 0 Å². The minimum absolute atomic E-state index is 0.0176. The third kappa shape index (κ3) is 3.42. The fourth-order valence-electron chi connectivity index (χ4n) is 1.63. The number of aromatic hydroxyl groups is 1. The molecule has 6 nitrogen and oxygen atoms in total. The van der Waals surface area contributed by atoms with Gasteiger partial charge in [-0.15, -0.1) is 11.3 Å². The number of rotatable bonds is 4. The van der Waals surface area contributed by atoms with Crippen molar-refractivity contribution in [2.45, 2.75) is 13.0 Å². The Bertz CT molecular complexity index is 748. The molecule has 22 heavy (non-hydrogen) atoms. The highest BCUT2D eigenvalue weighted by Crippen LogP contribution is 2.23. The largest absolute Gasteiger partial charge is 0.507 e. The van der Waals surface area contributed by atoms with Gasteiger partial charge in [0.05, 0.1) is 5.56 Å². The van der Waals surface area contributed by atoms with Crippen LogP contribution >= 0.6 is 11.3 Å². The minimum Gasteiger partial charge on any atom is -0.507 e. The number of phenolic OH excluding ortho intramolecular Hbond substituents is 1. The van der Waals surface area contributed by atoms with Gasteiger partial charge in [0.2, 0.25) is 0 Å². The van der Waals surface area contributed by atoms with Crippen LogP contribution in [0.5, 0.6) is 5.75 Å². The first-order chi connectivity index (χ1) is 10.5. The summed E-state index contributed by atoms with van der Waals surface area (Å²) in [5.41, 5.74) is 0.327. The minimum atomic E-state index is -1.07. The van der Waals surface area contributed by atoms with Gasteiger partial charge >= 0.3 is 5.97 Å². The van der Waals surface area contributed by atoms with Crippen LogP contribution in [-0.4, -0.2) is 23.1 Å². The fourth-order valence-corrected chi connectivity index (χ4v) is 2.37. The van der Waals surface area contributed by atoms with Crippen molar-refractivity contribution in [3.63, 3.8) is 0 Å². The zero-order valence-corrected chi connectivity index (χ0v) is 12.4. The van der Waals surface area contributed by atoms with E-state index < -0.39 is 18.0 Å². The van der Waals surface area contributed by atoms with Crippen molar-refractivity contribution in [3.8, 4) is 11.8 Å². The number of esters is 1. The van der Waals surface area contributed by atoms with Gasteiger partial charge < -0.3 is 15.2 Å². The summed E-state index contributed by atoms with van der Waals surface area (Å²) >= 11 is 1.20. The van der Waals surface area contributed by atoms with E-state index in [1.807, 2.05) is 6.07 Å². The number of thiophene rings is 1. The zero-order chi connectivity index (χ0) is 16.1. The first kappa shape index (κ1) is 15.5. The number of phenols is 1. The first-order valence-electron chi connectivity index (χ1n) is 6.30. The molecule has 0 unspecified atom stereocenters. The quantitative estimate of drug-likeness (QED) is 0.844. The molecule has 1 amide bonds. The summed E-state index contributed by atoms with van der Waals surface area (Å²) in [6.07, 6.45) is -1.07. The van der Waals surface area contributed by atoms with E-state index >= 15 is 0 Å². The Labute approximate surface area is 130 Å². The molecule has 0 fully saturated rings. The standard InChI is InChI=1S/C15H12N2O4S/c1-9(13(19)17-14-10(8-16)6-7-22-14)21-15(20)11-4-2-3-5-12(11)18/h2-7,9,18H,1H3,(H,17,19)/t9-/m0/s1. The van der Waals surface area contributed by atoms with Crippen molar-refractivity contribution >= 4 is 28.2 Å². The summed E-state index contributed by atoms with van der Waals surface area (Å²) in [6, 6.07) is 9.43. The molecule has 0 spiro atoms. The lowest BCUT2D eigenvalue weighted by Crippen LogP contribution is -2.29. The predicted octanol–water partition coefficient (Wildman–Crippen LogP) is 2.51. The SMILES string of the molecule is C[C@H](OC(=O)c1ccccc1O)C(=O)Nc1sccc1C#N.